The molecule has 0 saturated carbocycles. The second kappa shape index (κ2) is 5.70. The Labute approximate surface area is 74.4 Å². The zero-order valence-corrected chi connectivity index (χ0v) is 8.29. The third-order valence-electron chi connectivity index (χ3n) is 1.77. The highest BCUT2D eigenvalue weighted by Gasteiger charge is 2.07. The topological polar surface area (TPSA) is 29.4 Å². The summed E-state index contributed by atoms with van der Waals surface area (Å²) in [5.74, 6) is 0.358. The fourth-order valence-electron chi connectivity index (χ4n) is 0.881. The Bertz CT molecular complexity index is 204. The number of hydrogen-bond acceptors (Lipinski definition) is 2. The predicted molar refractivity (Wildman–Crippen MR) is 52.4 cm³/mol. The van der Waals surface area contributed by atoms with Crippen molar-refractivity contribution in [3.63, 3.8) is 0 Å². The van der Waals surface area contributed by atoms with Gasteiger partial charge in [-0.1, -0.05) is 12.5 Å². The first-order valence-electron chi connectivity index (χ1n) is 4.21. The molecule has 0 amide bonds. The number of allylic oxidation sites excluding steroid dienone is 1. The third-order valence-corrected chi connectivity index (χ3v) is 1.77. The van der Waals surface area contributed by atoms with Crippen LogP contribution in [0.1, 0.15) is 34.1 Å². The summed E-state index contributed by atoms with van der Waals surface area (Å²) >= 11 is 0. The molecule has 0 radical (unpaired) electrons. The number of hydrogen-bond donors (Lipinski definition) is 0. The van der Waals surface area contributed by atoms with Gasteiger partial charge in [-0.15, -0.1) is 0 Å². The molecule has 68 valence electrons. The summed E-state index contributed by atoms with van der Waals surface area (Å²) in [7, 11) is 0. The van der Waals surface area contributed by atoms with Crippen LogP contribution in [0, 0.1) is 5.92 Å². The Balaban J connectivity index is 3.99. The van der Waals surface area contributed by atoms with Crippen LogP contribution in [0.25, 0.3) is 0 Å². The lowest BCUT2D eigenvalue weighted by Crippen LogP contribution is -2.06. The van der Waals surface area contributed by atoms with Crippen LogP contribution >= 0.6 is 0 Å². The average molecular weight is 167 g/mol. The molecule has 0 aliphatic carbocycles. The van der Waals surface area contributed by atoms with E-state index in [1.807, 2.05) is 20.8 Å². The minimum atomic E-state index is 0.119. The number of nitrogens with zero attached hydrogens (tertiary/aromatic N) is 1. The molecular formula is C10H17NO. The van der Waals surface area contributed by atoms with E-state index in [4.69, 9.17) is 0 Å². The van der Waals surface area contributed by atoms with E-state index in [0.717, 1.165) is 12.0 Å². The highest BCUT2D eigenvalue weighted by Crippen LogP contribution is 2.11. The van der Waals surface area contributed by atoms with Crippen LogP contribution in [-0.4, -0.2) is 12.0 Å². The monoisotopic (exact) mass is 167 g/mol. The minimum Gasteiger partial charge on any atom is -0.300 e. The van der Waals surface area contributed by atoms with E-state index in [2.05, 4.69) is 4.99 Å². The van der Waals surface area contributed by atoms with Crippen LogP contribution in [0.3, 0.4) is 0 Å². The fraction of sp³-hybridized carbons (Fsp3) is 0.600. The molecular weight excluding hydrogens is 150 g/mol. The van der Waals surface area contributed by atoms with Gasteiger partial charge in [-0.05, 0) is 27.2 Å². The van der Waals surface area contributed by atoms with Crippen molar-refractivity contribution in [3.05, 3.63) is 11.8 Å². The van der Waals surface area contributed by atoms with E-state index < -0.39 is 0 Å². The van der Waals surface area contributed by atoms with Crippen molar-refractivity contribution >= 4 is 12.0 Å². The Morgan fingerprint density at radius 2 is 2.08 bits per heavy atom. The van der Waals surface area contributed by atoms with Crippen LogP contribution in [0.15, 0.2) is 16.8 Å². The van der Waals surface area contributed by atoms with E-state index in [0.29, 0.717) is 0 Å². The summed E-state index contributed by atoms with van der Waals surface area (Å²) in [6, 6.07) is 0. The maximum atomic E-state index is 10.9. The largest absolute Gasteiger partial charge is 0.300 e. The average Bonchev–Trinajstić information content (AvgIpc) is 2.00. The van der Waals surface area contributed by atoms with Gasteiger partial charge in [-0.2, -0.15) is 0 Å². The van der Waals surface area contributed by atoms with E-state index in [-0.39, 0.29) is 11.7 Å². The normalized spacial score (nSPS) is 15.2. The molecule has 0 bridgehead atoms. The Kier molecular flexibility index (Phi) is 5.26. The van der Waals surface area contributed by atoms with Crippen molar-refractivity contribution in [2.75, 3.05) is 0 Å². The number of Topliss-reactive ketones (excluding diaryl/α,β-unsaturated/α-hetero) is 1. The number of rotatable bonds is 4. The quantitative estimate of drug-likeness (QED) is 0.592. The van der Waals surface area contributed by atoms with Gasteiger partial charge in [0.05, 0.1) is 0 Å². The standard InChI is InChI=1S/C10H17NO/c1-5-11-7-8(2)6-9(3)10(4)12/h5,7,9H,6H2,1-4H3/b8-7+,11-5?/t9-/m0/s1. The molecule has 0 unspecified atom stereocenters. The van der Waals surface area contributed by atoms with Crippen LogP contribution < -0.4 is 0 Å². The number of carbonyl (C=O) groups is 1. The van der Waals surface area contributed by atoms with Crippen LogP contribution in [-0.2, 0) is 4.79 Å². The number of ketones is 1. The second-order valence-corrected chi connectivity index (χ2v) is 3.10. The SMILES string of the molecule is CC=N/C=C(\C)C[C@H](C)C(C)=O. The Morgan fingerprint density at radius 1 is 1.50 bits per heavy atom. The number of carbonyl (C=O) groups excluding carboxylic acids is 1. The highest BCUT2D eigenvalue weighted by molar-refractivity contribution is 5.78. The van der Waals surface area contributed by atoms with Gasteiger partial charge in [-0.3, -0.25) is 9.79 Å². The van der Waals surface area contributed by atoms with Gasteiger partial charge < -0.3 is 0 Å². The lowest BCUT2D eigenvalue weighted by Gasteiger charge is -2.05. The van der Waals surface area contributed by atoms with E-state index in [9.17, 15) is 4.79 Å². The Hall–Kier alpha value is -0.920. The van der Waals surface area contributed by atoms with Gasteiger partial charge in [0.2, 0.25) is 0 Å². The first-order valence-corrected chi connectivity index (χ1v) is 4.21. The zero-order valence-electron chi connectivity index (χ0n) is 8.29. The molecule has 0 aliphatic heterocycles. The lowest BCUT2D eigenvalue weighted by atomic mass is 9.99. The highest BCUT2D eigenvalue weighted by atomic mass is 16.1. The minimum absolute atomic E-state index is 0.119. The molecule has 0 aromatic heterocycles. The van der Waals surface area contributed by atoms with Crippen LogP contribution in [0.4, 0.5) is 0 Å². The maximum Gasteiger partial charge on any atom is 0.132 e. The summed E-state index contributed by atoms with van der Waals surface area (Å²) < 4.78 is 0. The van der Waals surface area contributed by atoms with E-state index in [1.165, 1.54) is 0 Å². The summed E-state index contributed by atoms with van der Waals surface area (Å²) in [6.45, 7) is 7.43. The maximum absolute atomic E-state index is 10.9. The van der Waals surface area contributed by atoms with Crippen molar-refractivity contribution in [3.8, 4) is 0 Å². The molecule has 0 saturated heterocycles. The molecule has 2 nitrogen and oxygen atoms in total. The van der Waals surface area contributed by atoms with E-state index in [1.54, 1.807) is 19.3 Å². The van der Waals surface area contributed by atoms with Crippen molar-refractivity contribution in [1.82, 2.24) is 0 Å². The number of aliphatic imine (C=N–C) groups is 1. The molecule has 2 heteroatoms. The summed E-state index contributed by atoms with van der Waals surface area (Å²) in [4.78, 5) is 14.9. The first kappa shape index (κ1) is 11.1. The third kappa shape index (κ3) is 4.83. The van der Waals surface area contributed by atoms with Crippen molar-refractivity contribution in [2.45, 2.75) is 34.1 Å². The molecule has 0 aromatic carbocycles. The first-order chi connectivity index (χ1) is 5.57. The van der Waals surface area contributed by atoms with Gasteiger partial charge in [0.25, 0.3) is 0 Å². The van der Waals surface area contributed by atoms with Gasteiger partial charge >= 0.3 is 0 Å². The van der Waals surface area contributed by atoms with E-state index >= 15 is 0 Å². The van der Waals surface area contributed by atoms with Gasteiger partial charge in [-0.25, -0.2) is 0 Å². The molecule has 0 fully saturated rings. The molecule has 0 aromatic rings. The molecule has 0 rings (SSSR count). The summed E-state index contributed by atoms with van der Waals surface area (Å²) in [5, 5.41) is 0. The second-order valence-electron chi connectivity index (χ2n) is 3.10. The smallest absolute Gasteiger partial charge is 0.132 e. The van der Waals surface area contributed by atoms with Gasteiger partial charge in [0, 0.05) is 18.3 Å². The Morgan fingerprint density at radius 3 is 2.50 bits per heavy atom. The lowest BCUT2D eigenvalue weighted by molar-refractivity contribution is -0.120. The molecule has 0 N–H and O–H groups in total. The summed E-state index contributed by atoms with van der Waals surface area (Å²) in [5.41, 5.74) is 1.15. The fourth-order valence-corrected chi connectivity index (χ4v) is 0.881. The summed E-state index contributed by atoms with van der Waals surface area (Å²) in [6.07, 6.45) is 4.36. The van der Waals surface area contributed by atoms with Crippen molar-refractivity contribution in [2.24, 2.45) is 10.9 Å². The molecule has 1 atom stereocenters. The van der Waals surface area contributed by atoms with Crippen molar-refractivity contribution in [1.29, 1.82) is 0 Å². The zero-order chi connectivity index (χ0) is 9.56. The van der Waals surface area contributed by atoms with Crippen LogP contribution in [0.5, 0.6) is 0 Å². The molecule has 0 spiro atoms. The molecule has 12 heavy (non-hydrogen) atoms. The van der Waals surface area contributed by atoms with Gasteiger partial charge in [0.1, 0.15) is 5.78 Å². The molecule has 0 heterocycles. The van der Waals surface area contributed by atoms with Gasteiger partial charge in [0.15, 0.2) is 0 Å². The van der Waals surface area contributed by atoms with Crippen molar-refractivity contribution < 1.29 is 4.79 Å². The molecule has 0 aliphatic rings. The predicted octanol–water partition coefficient (Wildman–Crippen LogP) is 2.60. The van der Waals surface area contributed by atoms with Crippen LogP contribution in [0.2, 0.25) is 0 Å².